The zero-order valence-electron chi connectivity index (χ0n) is 17.7. The zero-order chi connectivity index (χ0) is 24.3. The van der Waals surface area contributed by atoms with Crippen LogP contribution in [0.5, 0.6) is 0 Å². The summed E-state index contributed by atoms with van der Waals surface area (Å²) in [6.07, 6.45) is 1.24. The topological polar surface area (TPSA) is 117 Å². The van der Waals surface area contributed by atoms with E-state index in [9.17, 15) is 27.2 Å². The van der Waals surface area contributed by atoms with Gasteiger partial charge in [0.2, 0.25) is 15.2 Å². The Kier molecular flexibility index (Phi) is 6.80. The number of nitrogens with zero attached hydrogens (tertiary/aromatic N) is 2. The molecular weight excluding hydrogens is 485 g/mol. The van der Waals surface area contributed by atoms with Gasteiger partial charge in [0, 0.05) is 26.2 Å². The molecular formula is C22H20FN3O6S2. The molecule has 1 aromatic carbocycles. The molecule has 12 heteroatoms. The average molecular weight is 506 g/mol. The first kappa shape index (κ1) is 23.6. The van der Waals surface area contributed by atoms with Gasteiger partial charge >= 0.3 is 0 Å². The van der Waals surface area contributed by atoms with Gasteiger partial charge in [0.25, 0.3) is 17.7 Å². The number of hydrogen-bond acceptors (Lipinski definition) is 7. The van der Waals surface area contributed by atoms with E-state index in [0.717, 1.165) is 24.3 Å². The molecule has 0 saturated carbocycles. The Morgan fingerprint density at radius 2 is 1.65 bits per heavy atom. The maximum absolute atomic E-state index is 13.3. The Morgan fingerprint density at radius 3 is 2.24 bits per heavy atom. The van der Waals surface area contributed by atoms with Crippen molar-refractivity contribution in [2.45, 2.75) is 10.3 Å². The number of amides is 3. The molecule has 0 spiro atoms. The SMILES string of the molecule is O=C(N[C@H](C(=O)N1CCN(C(=O)c2cccs2)CC1)S(=O)(=O)c1ccc(F)cc1)c1ccco1. The summed E-state index contributed by atoms with van der Waals surface area (Å²) >= 11 is 1.31. The molecule has 4 rings (SSSR count). The molecule has 0 bridgehead atoms. The van der Waals surface area contributed by atoms with Crippen LogP contribution in [0.3, 0.4) is 0 Å². The maximum atomic E-state index is 13.3. The number of hydrogen-bond donors (Lipinski definition) is 1. The fourth-order valence-electron chi connectivity index (χ4n) is 3.48. The molecule has 3 aromatic rings. The predicted molar refractivity (Wildman–Crippen MR) is 120 cm³/mol. The Bertz CT molecular complexity index is 1270. The van der Waals surface area contributed by atoms with Crippen molar-refractivity contribution in [3.05, 3.63) is 76.6 Å². The number of carbonyl (C=O) groups excluding carboxylic acids is 3. The van der Waals surface area contributed by atoms with Crippen LogP contribution in [0.2, 0.25) is 0 Å². The second-order valence-electron chi connectivity index (χ2n) is 7.42. The molecule has 9 nitrogen and oxygen atoms in total. The van der Waals surface area contributed by atoms with E-state index in [1.54, 1.807) is 22.4 Å². The summed E-state index contributed by atoms with van der Waals surface area (Å²) < 4.78 is 44.9. The Balaban J connectivity index is 1.55. The van der Waals surface area contributed by atoms with Crippen molar-refractivity contribution in [3.63, 3.8) is 0 Å². The van der Waals surface area contributed by atoms with Gasteiger partial charge in [-0.3, -0.25) is 14.4 Å². The normalized spacial score (nSPS) is 15.1. The van der Waals surface area contributed by atoms with Crippen molar-refractivity contribution in [2.24, 2.45) is 0 Å². The van der Waals surface area contributed by atoms with Crippen LogP contribution in [0.1, 0.15) is 20.2 Å². The lowest BCUT2D eigenvalue weighted by molar-refractivity contribution is -0.132. The summed E-state index contributed by atoms with van der Waals surface area (Å²) in [6.45, 7) is 0.583. The molecule has 1 aliphatic heterocycles. The minimum atomic E-state index is -4.43. The van der Waals surface area contributed by atoms with Crippen LogP contribution in [0, 0.1) is 5.82 Å². The highest BCUT2D eigenvalue weighted by molar-refractivity contribution is 7.92. The van der Waals surface area contributed by atoms with Crippen LogP contribution in [0.25, 0.3) is 0 Å². The van der Waals surface area contributed by atoms with Crippen molar-refractivity contribution in [2.75, 3.05) is 26.2 Å². The summed E-state index contributed by atoms with van der Waals surface area (Å²) in [5, 5.41) is 2.07. The van der Waals surface area contributed by atoms with Crippen molar-refractivity contribution in [3.8, 4) is 0 Å². The summed E-state index contributed by atoms with van der Waals surface area (Å²) in [5.74, 6) is -2.72. The number of rotatable bonds is 6. The summed E-state index contributed by atoms with van der Waals surface area (Å²) in [5.41, 5.74) is 0. The molecule has 1 aliphatic rings. The first-order valence-corrected chi connectivity index (χ1v) is 12.7. The van der Waals surface area contributed by atoms with Crippen LogP contribution >= 0.6 is 11.3 Å². The van der Waals surface area contributed by atoms with Crippen LogP contribution in [0.4, 0.5) is 4.39 Å². The third kappa shape index (κ3) is 4.87. The summed E-state index contributed by atoms with van der Waals surface area (Å²) in [6, 6.07) is 10.2. The molecule has 178 valence electrons. The number of piperazine rings is 1. The molecule has 2 aromatic heterocycles. The van der Waals surface area contributed by atoms with Gasteiger partial charge in [0.1, 0.15) is 5.82 Å². The van der Waals surface area contributed by atoms with E-state index in [1.165, 1.54) is 34.6 Å². The van der Waals surface area contributed by atoms with Gasteiger partial charge in [0.15, 0.2) is 5.76 Å². The van der Waals surface area contributed by atoms with Gasteiger partial charge in [0.05, 0.1) is 16.0 Å². The van der Waals surface area contributed by atoms with Crippen molar-refractivity contribution >= 4 is 38.9 Å². The number of benzene rings is 1. The van der Waals surface area contributed by atoms with E-state index < -0.39 is 32.8 Å². The van der Waals surface area contributed by atoms with Gasteiger partial charge in [-0.15, -0.1) is 11.3 Å². The Labute approximate surface area is 198 Å². The molecule has 0 unspecified atom stereocenters. The van der Waals surface area contributed by atoms with Crippen LogP contribution in [-0.2, 0) is 14.6 Å². The molecule has 3 heterocycles. The lowest BCUT2D eigenvalue weighted by Gasteiger charge is -2.36. The van der Waals surface area contributed by atoms with E-state index >= 15 is 0 Å². The quantitative estimate of drug-likeness (QED) is 0.512. The number of nitrogens with one attached hydrogen (secondary N) is 1. The van der Waals surface area contributed by atoms with Crippen molar-refractivity contribution in [1.29, 1.82) is 0 Å². The van der Waals surface area contributed by atoms with Gasteiger partial charge in [-0.05, 0) is 47.8 Å². The number of furan rings is 1. The summed E-state index contributed by atoms with van der Waals surface area (Å²) in [4.78, 5) is 41.6. The van der Waals surface area contributed by atoms with Gasteiger partial charge < -0.3 is 19.5 Å². The van der Waals surface area contributed by atoms with Gasteiger partial charge in [-0.2, -0.15) is 0 Å². The van der Waals surface area contributed by atoms with Crippen molar-refractivity contribution in [1.82, 2.24) is 15.1 Å². The minimum Gasteiger partial charge on any atom is -0.459 e. The highest BCUT2D eigenvalue weighted by Crippen LogP contribution is 2.20. The molecule has 1 atom stereocenters. The standard InChI is InChI=1S/C22H20FN3O6S2/c23-15-5-7-16(8-6-15)34(30,31)20(24-19(27)17-3-1-13-32-17)22(29)26-11-9-25(10-12-26)21(28)18-4-2-14-33-18/h1-8,13-14,20H,9-12H2,(H,24,27)/t20-/m0/s1. The minimum absolute atomic E-state index is 0.0853. The lowest BCUT2D eigenvalue weighted by atomic mass is 10.3. The lowest BCUT2D eigenvalue weighted by Crippen LogP contribution is -2.57. The second-order valence-corrected chi connectivity index (χ2v) is 10.4. The number of sulfone groups is 1. The monoisotopic (exact) mass is 505 g/mol. The summed E-state index contributed by atoms with van der Waals surface area (Å²) in [7, 11) is -4.43. The Morgan fingerprint density at radius 1 is 0.971 bits per heavy atom. The number of halogens is 1. The Hall–Kier alpha value is -3.51. The molecule has 1 fully saturated rings. The predicted octanol–water partition coefficient (Wildman–Crippen LogP) is 1.99. The smallest absolute Gasteiger partial charge is 0.288 e. The fourth-order valence-corrected chi connectivity index (χ4v) is 5.64. The molecule has 3 amide bonds. The first-order chi connectivity index (χ1) is 16.3. The molecule has 1 saturated heterocycles. The molecule has 34 heavy (non-hydrogen) atoms. The zero-order valence-corrected chi connectivity index (χ0v) is 19.4. The molecule has 1 N–H and O–H groups in total. The largest absolute Gasteiger partial charge is 0.459 e. The van der Waals surface area contributed by atoms with E-state index in [-0.39, 0.29) is 42.7 Å². The van der Waals surface area contributed by atoms with E-state index in [0.29, 0.717) is 4.88 Å². The molecule has 0 aliphatic carbocycles. The van der Waals surface area contributed by atoms with Crippen LogP contribution in [-0.4, -0.2) is 67.5 Å². The average Bonchev–Trinajstić information content (AvgIpc) is 3.57. The first-order valence-electron chi connectivity index (χ1n) is 10.2. The van der Waals surface area contributed by atoms with Crippen molar-refractivity contribution < 1.29 is 31.6 Å². The van der Waals surface area contributed by atoms with E-state index in [1.807, 2.05) is 0 Å². The van der Waals surface area contributed by atoms with Crippen LogP contribution < -0.4 is 5.32 Å². The van der Waals surface area contributed by atoms with Gasteiger partial charge in [-0.25, -0.2) is 12.8 Å². The third-order valence-corrected chi connectivity index (χ3v) is 8.02. The van der Waals surface area contributed by atoms with E-state index in [4.69, 9.17) is 4.42 Å². The van der Waals surface area contributed by atoms with Gasteiger partial charge in [-0.1, -0.05) is 6.07 Å². The maximum Gasteiger partial charge on any atom is 0.288 e. The van der Waals surface area contributed by atoms with E-state index in [2.05, 4.69) is 5.32 Å². The second kappa shape index (κ2) is 9.77. The highest BCUT2D eigenvalue weighted by atomic mass is 32.2. The highest BCUT2D eigenvalue weighted by Gasteiger charge is 2.40. The number of carbonyl (C=O) groups is 3. The fraction of sp³-hybridized carbons (Fsp3) is 0.227. The number of thiophene rings is 1. The molecule has 0 radical (unpaired) electrons. The van der Waals surface area contributed by atoms with Crippen LogP contribution in [0.15, 0.2) is 69.5 Å². The third-order valence-electron chi connectivity index (χ3n) is 5.29.